The van der Waals surface area contributed by atoms with Crippen molar-refractivity contribution in [3.8, 4) is 0 Å². The summed E-state index contributed by atoms with van der Waals surface area (Å²) in [5.74, 6) is -2.79. The number of aromatic nitrogens is 2. The summed E-state index contributed by atoms with van der Waals surface area (Å²) in [6.07, 6.45) is 0.201. The quantitative estimate of drug-likeness (QED) is 0.247. The van der Waals surface area contributed by atoms with E-state index in [2.05, 4.69) is 43.5 Å². The summed E-state index contributed by atoms with van der Waals surface area (Å²) in [6, 6.07) is 18.0. The van der Waals surface area contributed by atoms with Crippen LogP contribution in [0.15, 0.2) is 60.9 Å². The molecule has 2 N–H and O–H groups in total. The molecule has 12 nitrogen and oxygen atoms in total. The molecule has 0 radical (unpaired) electrons. The van der Waals surface area contributed by atoms with Crippen molar-refractivity contribution in [2.45, 2.75) is 77.3 Å². The number of sulfonamides is 2. The van der Waals surface area contributed by atoms with Gasteiger partial charge >= 0.3 is 6.18 Å². The highest BCUT2D eigenvalue weighted by Crippen LogP contribution is 2.34. The van der Waals surface area contributed by atoms with E-state index in [1.165, 1.54) is 6.33 Å². The van der Waals surface area contributed by atoms with Crippen LogP contribution < -0.4 is 14.3 Å². The van der Waals surface area contributed by atoms with E-state index in [1.54, 1.807) is 4.72 Å². The summed E-state index contributed by atoms with van der Waals surface area (Å²) in [6.45, 7) is 9.12. The number of alkyl halides is 3. The van der Waals surface area contributed by atoms with Crippen LogP contribution in [-0.2, 0) is 33.1 Å². The van der Waals surface area contributed by atoms with Gasteiger partial charge < -0.3 is 9.80 Å². The predicted octanol–water partition coefficient (Wildman–Crippen LogP) is 4.16. The molecule has 2 aliphatic heterocycles. The number of piperidine rings is 2. The van der Waals surface area contributed by atoms with E-state index in [-0.39, 0.29) is 24.0 Å². The average Bonchev–Trinajstić information content (AvgIpc) is 3.09. The standard InChI is InChI=1S/C36H48F3N7O5S2/c1-27-33(28(2)41-26-40-27)34(47)44-20-15-35(3,16-21-44)45-18-13-32(14-19-45)46(24-30-7-5-4-6-8-30)31-11-9-29(10-12-31)23-43-52(48,49)22-17-42-53(50,51)25-36(37,38)39/h4-12,26,32,42-43H,13-25H2,1-3H3. The van der Waals surface area contributed by atoms with Crippen LogP contribution in [-0.4, -0.2) is 104 Å². The van der Waals surface area contributed by atoms with Crippen molar-refractivity contribution in [3.63, 3.8) is 0 Å². The molecule has 0 atom stereocenters. The number of nitrogens with one attached hydrogen (secondary N) is 2. The monoisotopic (exact) mass is 779 g/mol. The second kappa shape index (κ2) is 16.8. The van der Waals surface area contributed by atoms with Crippen LogP contribution in [0.3, 0.4) is 0 Å². The van der Waals surface area contributed by atoms with Crippen LogP contribution in [0.2, 0.25) is 0 Å². The number of hydrogen-bond acceptors (Lipinski definition) is 9. The number of aryl methyl sites for hydroxylation is 2. The van der Waals surface area contributed by atoms with Gasteiger partial charge in [0.25, 0.3) is 5.91 Å². The van der Waals surface area contributed by atoms with E-state index in [9.17, 15) is 34.8 Å². The first-order chi connectivity index (χ1) is 24.9. The lowest BCUT2D eigenvalue weighted by atomic mass is 9.85. The number of hydrogen-bond donors (Lipinski definition) is 2. The van der Waals surface area contributed by atoms with Crippen LogP contribution in [0.25, 0.3) is 0 Å². The molecular formula is C36H48F3N7O5S2. The lowest BCUT2D eigenvalue weighted by Crippen LogP contribution is -2.58. The van der Waals surface area contributed by atoms with Gasteiger partial charge in [0.1, 0.15) is 6.33 Å². The third-order valence-corrected chi connectivity index (χ3v) is 12.9. The minimum atomic E-state index is -4.93. The number of nitrogens with zero attached hydrogens (tertiary/aromatic N) is 5. The molecule has 0 unspecified atom stereocenters. The minimum absolute atomic E-state index is 0.00502. The van der Waals surface area contributed by atoms with E-state index in [0.717, 1.165) is 50.0 Å². The second-order valence-corrected chi connectivity index (χ2v) is 17.8. The summed E-state index contributed by atoms with van der Waals surface area (Å²) < 4.78 is 89.4. The Labute approximate surface area is 310 Å². The molecule has 17 heteroatoms. The molecule has 290 valence electrons. The van der Waals surface area contributed by atoms with E-state index in [0.29, 0.717) is 42.1 Å². The summed E-state index contributed by atoms with van der Waals surface area (Å²) in [4.78, 5) is 28.7. The van der Waals surface area contributed by atoms with Crippen LogP contribution in [0, 0.1) is 13.8 Å². The number of carbonyl (C=O) groups excluding carboxylic acids is 1. The van der Waals surface area contributed by atoms with Gasteiger partial charge in [0.2, 0.25) is 20.0 Å². The van der Waals surface area contributed by atoms with Gasteiger partial charge in [-0.3, -0.25) is 9.69 Å². The Balaban J connectivity index is 1.17. The van der Waals surface area contributed by atoms with E-state index in [1.807, 2.05) is 61.2 Å². The zero-order chi connectivity index (χ0) is 38.4. The van der Waals surface area contributed by atoms with Crippen molar-refractivity contribution in [2.75, 3.05) is 49.1 Å². The second-order valence-electron chi connectivity index (χ2n) is 14.1. The first-order valence-electron chi connectivity index (χ1n) is 17.7. The van der Waals surface area contributed by atoms with Crippen molar-refractivity contribution in [2.24, 2.45) is 0 Å². The maximum Gasteiger partial charge on any atom is 0.404 e. The third kappa shape index (κ3) is 11.2. The highest BCUT2D eigenvalue weighted by atomic mass is 32.2. The van der Waals surface area contributed by atoms with Crippen molar-refractivity contribution in [1.29, 1.82) is 0 Å². The fourth-order valence-electron chi connectivity index (χ4n) is 7.17. The first kappa shape index (κ1) is 40.5. The molecule has 2 saturated heterocycles. The summed E-state index contributed by atoms with van der Waals surface area (Å²) >= 11 is 0. The van der Waals surface area contributed by atoms with Gasteiger partial charge in [-0.2, -0.15) is 13.2 Å². The molecule has 1 aromatic heterocycles. The number of amides is 1. The average molecular weight is 780 g/mol. The van der Waals surface area contributed by atoms with Gasteiger partial charge in [-0.05, 0) is 69.7 Å². The lowest BCUT2D eigenvalue weighted by Gasteiger charge is -2.50. The Morgan fingerprint density at radius 1 is 0.868 bits per heavy atom. The summed E-state index contributed by atoms with van der Waals surface area (Å²) in [7, 11) is -8.66. The normalized spacial score (nSPS) is 17.5. The molecule has 2 aromatic carbocycles. The van der Waals surface area contributed by atoms with Crippen molar-refractivity contribution in [1.82, 2.24) is 29.2 Å². The Hall–Kier alpha value is -3.64. The number of anilines is 1. The maximum absolute atomic E-state index is 13.4. The third-order valence-electron chi connectivity index (χ3n) is 10.2. The topological polar surface area (TPSA) is 145 Å². The number of halogens is 3. The predicted molar refractivity (Wildman–Crippen MR) is 197 cm³/mol. The Kier molecular flexibility index (Phi) is 12.8. The molecule has 0 bridgehead atoms. The molecule has 2 aliphatic rings. The number of carbonyl (C=O) groups is 1. The number of rotatable bonds is 14. The molecule has 3 heterocycles. The smallest absolute Gasteiger partial charge is 0.364 e. The lowest BCUT2D eigenvalue weighted by molar-refractivity contribution is -0.106. The maximum atomic E-state index is 13.4. The SMILES string of the molecule is Cc1ncnc(C)c1C(=O)N1CCC(C)(N2CCC(N(Cc3ccccc3)c3ccc(CNS(=O)(=O)CCNS(=O)(=O)CC(F)(F)F)cc3)CC2)CC1. The van der Waals surface area contributed by atoms with E-state index in [4.69, 9.17) is 0 Å². The molecule has 53 heavy (non-hydrogen) atoms. The summed E-state index contributed by atoms with van der Waals surface area (Å²) in [5.41, 5.74) is 4.80. The first-order valence-corrected chi connectivity index (χ1v) is 21.0. The van der Waals surface area contributed by atoms with Crippen molar-refractivity contribution in [3.05, 3.63) is 89.0 Å². The molecular weight excluding hydrogens is 732 g/mol. The van der Waals surface area contributed by atoms with E-state index < -0.39 is 44.3 Å². The Bertz CT molecular complexity index is 1900. The van der Waals surface area contributed by atoms with Gasteiger partial charge in [-0.15, -0.1) is 0 Å². The number of likely N-dealkylation sites (tertiary alicyclic amines) is 2. The molecule has 0 spiro atoms. The fraction of sp³-hybridized carbons (Fsp3) is 0.528. The minimum Gasteiger partial charge on any atom is -0.364 e. The van der Waals surface area contributed by atoms with Gasteiger partial charge in [-0.1, -0.05) is 42.5 Å². The van der Waals surface area contributed by atoms with Crippen LogP contribution in [0.1, 0.15) is 65.5 Å². The highest BCUT2D eigenvalue weighted by molar-refractivity contribution is 7.90. The molecule has 5 rings (SSSR count). The fourth-order valence-corrected chi connectivity index (χ4v) is 9.14. The molecule has 0 aliphatic carbocycles. The van der Waals surface area contributed by atoms with Crippen molar-refractivity contribution >= 4 is 31.6 Å². The Morgan fingerprint density at radius 3 is 2.06 bits per heavy atom. The van der Waals surface area contributed by atoms with Gasteiger partial charge in [-0.25, -0.2) is 36.2 Å². The van der Waals surface area contributed by atoms with Crippen LogP contribution in [0.4, 0.5) is 18.9 Å². The zero-order valence-corrected chi connectivity index (χ0v) is 31.9. The van der Waals surface area contributed by atoms with Gasteiger partial charge in [0, 0.05) is 63.1 Å². The zero-order valence-electron chi connectivity index (χ0n) is 30.3. The molecule has 0 saturated carbocycles. The molecule has 1 amide bonds. The largest absolute Gasteiger partial charge is 0.404 e. The number of benzene rings is 2. The van der Waals surface area contributed by atoms with Gasteiger partial charge in [0.05, 0.1) is 22.7 Å². The Morgan fingerprint density at radius 2 is 1.47 bits per heavy atom. The highest BCUT2D eigenvalue weighted by Gasteiger charge is 2.40. The van der Waals surface area contributed by atoms with Gasteiger partial charge in [0.15, 0.2) is 5.75 Å². The molecule has 2 fully saturated rings. The van der Waals surface area contributed by atoms with E-state index >= 15 is 0 Å². The molecule has 3 aromatic rings. The summed E-state index contributed by atoms with van der Waals surface area (Å²) in [5, 5.41) is 0. The van der Waals surface area contributed by atoms with Crippen LogP contribution >= 0.6 is 0 Å². The van der Waals surface area contributed by atoms with Crippen LogP contribution in [0.5, 0.6) is 0 Å². The van der Waals surface area contributed by atoms with Crippen molar-refractivity contribution < 1.29 is 34.8 Å².